The van der Waals surface area contributed by atoms with Gasteiger partial charge in [-0.3, -0.25) is 9.78 Å². The number of aromatic nitrogens is 3. The number of nitrogens with zero attached hydrogens (tertiary/aromatic N) is 3. The van der Waals surface area contributed by atoms with Crippen LogP contribution in [0.15, 0.2) is 29.0 Å². The average Bonchev–Trinajstić information content (AvgIpc) is 2.95. The van der Waals surface area contributed by atoms with Crippen molar-refractivity contribution in [2.24, 2.45) is 0 Å². The highest BCUT2D eigenvalue weighted by molar-refractivity contribution is 5.76. The second-order valence-corrected chi connectivity index (χ2v) is 4.62. The van der Waals surface area contributed by atoms with E-state index in [-0.39, 0.29) is 11.9 Å². The number of carbonyl (C=O) groups excluding carboxylic acids is 1. The third-order valence-electron chi connectivity index (χ3n) is 2.99. The normalized spacial score (nSPS) is 12.1. The van der Waals surface area contributed by atoms with Gasteiger partial charge in [-0.25, -0.2) is 0 Å². The molecule has 0 radical (unpaired) electrons. The van der Waals surface area contributed by atoms with Crippen LogP contribution in [0.4, 0.5) is 0 Å². The summed E-state index contributed by atoms with van der Waals surface area (Å²) in [5, 5.41) is 6.80. The molecule has 0 aliphatic heterocycles. The van der Waals surface area contributed by atoms with Gasteiger partial charge in [0.05, 0.1) is 0 Å². The molecule has 0 aliphatic carbocycles. The van der Waals surface area contributed by atoms with Gasteiger partial charge in [-0.05, 0) is 25.5 Å². The molecule has 0 aromatic carbocycles. The van der Waals surface area contributed by atoms with Crippen LogP contribution in [0.2, 0.25) is 0 Å². The molecule has 2 aromatic rings. The SMILES string of the molecule is CCC(C)NC(=O)CCc1nc(-c2ccncc2)no1. The molecule has 6 nitrogen and oxygen atoms in total. The van der Waals surface area contributed by atoms with E-state index in [0.717, 1.165) is 12.0 Å². The van der Waals surface area contributed by atoms with Crippen LogP contribution in [0.5, 0.6) is 0 Å². The predicted octanol–water partition coefficient (Wildman–Crippen LogP) is 1.98. The number of nitrogens with one attached hydrogen (secondary N) is 1. The Labute approximate surface area is 117 Å². The number of carbonyl (C=O) groups is 1. The van der Waals surface area contributed by atoms with Crippen molar-refractivity contribution in [2.45, 2.75) is 39.2 Å². The molecule has 0 spiro atoms. The minimum absolute atomic E-state index is 0.00279. The van der Waals surface area contributed by atoms with Crippen LogP contribution in [-0.4, -0.2) is 27.1 Å². The molecule has 2 rings (SSSR count). The Morgan fingerprint density at radius 2 is 2.15 bits per heavy atom. The van der Waals surface area contributed by atoms with Gasteiger partial charge in [0.15, 0.2) is 0 Å². The molecule has 0 saturated carbocycles. The fourth-order valence-corrected chi connectivity index (χ4v) is 1.64. The monoisotopic (exact) mass is 274 g/mol. The molecule has 1 unspecified atom stereocenters. The Balaban J connectivity index is 1.89. The molecule has 1 amide bonds. The minimum Gasteiger partial charge on any atom is -0.354 e. The van der Waals surface area contributed by atoms with Crippen molar-refractivity contribution in [2.75, 3.05) is 0 Å². The van der Waals surface area contributed by atoms with Crippen LogP contribution >= 0.6 is 0 Å². The van der Waals surface area contributed by atoms with E-state index in [1.165, 1.54) is 0 Å². The van der Waals surface area contributed by atoms with Crippen LogP contribution in [0, 0.1) is 0 Å². The summed E-state index contributed by atoms with van der Waals surface area (Å²) >= 11 is 0. The Morgan fingerprint density at radius 3 is 2.85 bits per heavy atom. The number of hydrogen-bond donors (Lipinski definition) is 1. The molecule has 2 aromatic heterocycles. The summed E-state index contributed by atoms with van der Waals surface area (Å²) in [6.45, 7) is 4.01. The lowest BCUT2D eigenvalue weighted by atomic mass is 10.2. The summed E-state index contributed by atoms with van der Waals surface area (Å²) in [5.74, 6) is 0.990. The van der Waals surface area contributed by atoms with Gasteiger partial charge in [-0.2, -0.15) is 4.98 Å². The highest BCUT2D eigenvalue weighted by atomic mass is 16.5. The maximum atomic E-state index is 11.7. The number of rotatable bonds is 6. The number of amides is 1. The van der Waals surface area contributed by atoms with E-state index in [0.29, 0.717) is 24.6 Å². The van der Waals surface area contributed by atoms with Gasteiger partial charge in [0, 0.05) is 36.8 Å². The van der Waals surface area contributed by atoms with Crippen molar-refractivity contribution in [3.05, 3.63) is 30.4 Å². The predicted molar refractivity (Wildman–Crippen MR) is 73.7 cm³/mol. The first kappa shape index (κ1) is 14.2. The second-order valence-electron chi connectivity index (χ2n) is 4.62. The van der Waals surface area contributed by atoms with Crippen molar-refractivity contribution in [1.29, 1.82) is 0 Å². The molecule has 6 heteroatoms. The molecule has 0 fully saturated rings. The highest BCUT2D eigenvalue weighted by Gasteiger charge is 2.11. The fraction of sp³-hybridized carbons (Fsp3) is 0.429. The summed E-state index contributed by atoms with van der Waals surface area (Å²) in [6, 6.07) is 3.81. The zero-order chi connectivity index (χ0) is 14.4. The van der Waals surface area contributed by atoms with Crippen molar-refractivity contribution >= 4 is 5.91 Å². The van der Waals surface area contributed by atoms with E-state index in [2.05, 4.69) is 20.4 Å². The van der Waals surface area contributed by atoms with E-state index in [9.17, 15) is 4.79 Å². The Kier molecular flexibility index (Phi) is 4.81. The number of pyridine rings is 1. The first-order chi connectivity index (χ1) is 9.69. The van der Waals surface area contributed by atoms with E-state index in [1.807, 2.05) is 26.0 Å². The van der Waals surface area contributed by atoms with E-state index >= 15 is 0 Å². The van der Waals surface area contributed by atoms with Crippen LogP contribution in [-0.2, 0) is 11.2 Å². The summed E-state index contributed by atoms with van der Waals surface area (Å²) in [6.07, 6.45) is 5.05. The summed E-state index contributed by atoms with van der Waals surface area (Å²) in [5.41, 5.74) is 0.846. The molecular weight excluding hydrogens is 256 g/mol. The third kappa shape index (κ3) is 3.88. The van der Waals surface area contributed by atoms with Gasteiger partial charge in [-0.1, -0.05) is 12.1 Å². The van der Waals surface area contributed by atoms with Crippen LogP contribution < -0.4 is 5.32 Å². The molecule has 20 heavy (non-hydrogen) atoms. The lowest BCUT2D eigenvalue weighted by Gasteiger charge is -2.10. The van der Waals surface area contributed by atoms with Gasteiger partial charge >= 0.3 is 0 Å². The summed E-state index contributed by atoms with van der Waals surface area (Å²) in [4.78, 5) is 19.9. The fourth-order valence-electron chi connectivity index (χ4n) is 1.64. The summed E-state index contributed by atoms with van der Waals surface area (Å²) < 4.78 is 5.14. The largest absolute Gasteiger partial charge is 0.354 e. The number of hydrogen-bond acceptors (Lipinski definition) is 5. The molecule has 0 saturated heterocycles. The van der Waals surface area contributed by atoms with Gasteiger partial charge in [0.2, 0.25) is 17.6 Å². The molecule has 0 bridgehead atoms. The Hall–Kier alpha value is -2.24. The van der Waals surface area contributed by atoms with Crippen molar-refractivity contribution in [3.63, 3.8) is 0 Å². The van der Waals surface area contributed by atoms with E-state index in [1.54, 1.807) is 12.4 Å². The average molecular weight is 274 g/mol. The number of aryl methyl sites for hydroxylation is 1. The minimum atomic E-state index is 0.00279. The molecule has 0 aliphatic rings. The van der Waals surface area contributed by atoms with Crippen molar-refractivity contribution in [3.8, 4) is 11.4 Å². The first-order valence-corrected chi connectivity index (χ1v) is 6.71. The van der Waals surface area contributed by atoms with Gasteiger partial charge < -0.3 is 9.84 Å². The molecular formula is C14H18N4O2. The van der Waals surface area contributed by atoms with Crippen LogP contribution in [0.1, 0.15) is 32.6 Å². The van der Waals surface area contributed by atoms with Gasteiger partial charge in [0.1, 0.15) is 0 Å². The lowest BCUT2D eigenvalue weighted by Crippen LogP contribution is -2.32. The first-order valence-electron chi connectivity index (χ1n) is 6.71. The smallest absolute Gasteiger partial charge is 0.227 e. The second kappa shape index (κ2) is 6.79. The van der Waals surface area contributed by atoms with Gasteiger partial charge in [-0.15, -0.1) is 0 Å². The Bertz CT molecular complexity index is 553. The zero-order valence-electron chi connectivity index (χ0n) is 11.7. The lowest BCUT2D eigenvalue weighted by molar-refractivity contribution is -0.121. The van der Waals surface area contributed by atoms with Gasteiger partial charge in [0.25, 0.3) is 0 Å². The van der Waals surface area contributed by atoms with Crippen LogP contribution in [0.3, 0.4) is 0 Å². The third-order valence-corrected chi connectivity index (χ3v) is 2.99. The maximum absolute atomic E-state index is 11.7. The quantitative estimate of drug-likeness (QED) is 0.871. The molecule has 1 atom stereocenters. The van der Waals surface area contributed by atoms with Crippen LogP contribution in [0.25, 0.3) is 11.4 Å². The standard InChI is InChI=1S/C14H18N4O2/c1-3-10(2)16-12(19)4-5-13-17-14(18-20-13)11-6-8-15-9-7-11/h6-10H,3-5H2,1-2H3,(H,16,19). The molecule has 1 N–H and O–H groups in total. The highest BCUT2D eigenvalue weighted by Crippen LogP contribution is 2.14. The van der Waals surface area contributed by atoms with Crippen molar-refractivity contribution < 1.29 is 9.32 Å². The topological polar surface area (TPSA) is 80.9 Å². The maximum Gasteiger partial charge on any atom is 0.227 e. The molecule has 2 heterocycles. The zero-order valence-corrected chi connectivity index (χ0v) is 11.7. The Morgan fingerprint density at radius 1 is 1.40 bits per heavy atom. The molecule has 106 valence electrons. The summed E-state index contributed by atoms with van der Waals surface area (Å²) in [7, 11) is 0. The van der Waals surface area contributed by atoms with E-state index < -0.39 is 0 Å². The van der Waals surface area contributed by atoms with Crippen molar-refractivity contribution in [1.82, 2.24) is 20.4 Å². The van der Waals surface area contributed by atoms with E-state index in [4.69, 9.17) is 4.52 Å².